The van der Waals surface area contributed by atoms with Crippen molar-refractivity contribution in [1.29, 1.82) is 0 Å². The molecule has 2 aliphatic rings. The second-order valence-corrected chi connectivity index (χ2v) is 10.2. The second-order valence-electron chi connectivity index (χ2n) is 9.01. The molecule has 0 saturated heterocycles. The Morgan fingerprint density at radius 1 is 1.24 bits per heavy atom. The molecule has 5 unspecified atom stereocenters. The number of nitrogens with zero attached hydrogens (tertiary/aromatic N) is 3. The van der Waals surface area contributed by atoms with Gasteiger partial charge in [-0.15, -0.1) is 0 Å². The zero-order chi connectivity index (χ0) is 24.0. The van der Waals surface area contributed by atoms with Crippen LogP contribution in [0.2, 0.25) is 0 Å². The first kappa shape index (κ1) is 23.1. The van der Waals surface area contributed by atoms with E-state index in [4.69, 9.17) is 14.4 Å². The van der Waals surface area contributed by atoms with Gasteiger partial charge in [0.25, 0.3) is 0 Å². The van der Waals surface area contributed by atoms with Gasteiger partial charge in [-0.3, -0.25) is 9.50 Å². The SMILES string of the molecule is CC1C=Nc2cc(-c3cccc4c(F)cccc34)nn2C1NC1CC(COS(N)(=O)=O)CC1O. The fraction of sp³-hybridized carbons (Fsp3) is 0.391. The highest BCUT2D eigenvalue weighted by molar-refractivity contribution is 7.84. The van der Waals surface area contributed by atoms with Crippen molar-refractivity contribution in [2.24, 2.45) is 22.0 Å². The normalized spacial score (nSPS) is 26.8. The number of fused-ring (bicyclic) bond motifs is 2. The molecule has 1 fully saturated rings. The van der Waals surface area contributed by atoms with Gasteiger partial charge in [0.1, 0.15) is 12.0 Å². The molecule has 1 aromatic heterocycles. The number of benzene rings is 2. The van der Waals surface area contributed by atoms with Gasteiger partial charge in [-0.2, -0.15) is 13.5 Å². The number of aliphatic hydroxyl groups excluding tert-OH is 1. The van der Waals surface area contributed by atoms with Crippen LogP contribution >= 0.6 is 0 Å². The van der Waals surface area contributed by atoms with Crippen LogP contribution in [0.15, 0.2) is 47.5 Å². The maximum Gasteiger partial charge on any atom is 0.333 e. The maximum absolute atomic E-state index is 14.3. The summed E-state index contributed by atoms with van der Waals surface area (Å²) in [4.78, 5) is 4.53. The lowest BCUT2D eigenvalue weighted by molar-refractivity contribution is 0.125. The molecule has 5 atom stereocenters. The third kappa shape index (κ3) is 4.49. The third-order valence-corrected chi connectivity index (χ3v) is 7.01. The molecule has 180 valence electrons. The van der Waals surface area contributed by atoms with Gasteiger partial charge in [-0.25, -0.2) is 19.2 Å². The fourth-order valence-corrected chi connectivity index (χ4v) is 5.26. The Balaban J connectivity index is 1.40. The summed E-state index contributed by atoms with van der Waals surface area (Å²) in [6.07, 6.45) is 1.83. The maximum atomic E-state index is 14.3. The second kappa shape index (κ2) is 8.82. The van der Waals surface area contributed by atoms with Crippen LogP contribution in [0.25, 0.3) is 22.0 Å². The van der Waals surface area contributed by atoms with Crippen molar-refractivity contribution >= 4 is 33.1 Å². The van der Waals surface area contributed by atoms with Crippen LogP contribution in [0, 0.1) is 17.7 Å². The minimum Gasteiger partial charge on any atom is -0.391 e. The van der Waals surface area contributed by atoms with Crippen molar-refractivity contribution < 1.29 is 22.1 Å². The fourth-order valence-electron chi connectivity index (χ4n) is 4.88. The van der Waals surface area contributed by atoms with E-state index in [0.717, 1.165) is 10.9 Å². The molecule has 34 heavy (non-hydrogen) atoms. The number of aliphatic imine (C=N–C) groups is 1. The van der Waals surface area contributed by atoms with E-state index in [0.29, 0.717) is 29.7 Å². The molecule has 5 rings (SSSR count). The molecule has 4 N–H and O–H groups in total. The number of halogens is 1. The summed E-state index contributed by atoms with van der Waals surface area (Å²) in [5.74, 6) is 0.208. The Hall–Kier alpha value is -2.70. The summed E-state index contributed by atoms with van der Waals surface area (Å²) < 4.78 is 43.0. The average Bonchev–Trinajstić information content (AvgIpc) is 3.37. The molecule has 0 amide bonds. The average molecular weight is 488 g/mol. The van der Waals surface area contributed by atoms with Crippen molar-refractivity contribution in [2.45, 2.75) is 38.1 Å². The number of hydrogen-bond donors (Lipinski definition) is 3. The largest absolute Gasteiger partial charge is 0.391 e. The van der Waals surface area contributed by atoms with E-state index < -0.39 is 16.4 Å². The molecule has 2 aromatic carbocycles. The van der Waals surface area contributed by atoms with Crippen LogP contribution < -0.4 is 10.5 Å². The molecule has 0 bridgehead atoms. The molecule has 2 heterocycles. The van der Waals surface area contributed by atoms with Crippen LogP contribution in [0.3, 0.4) is 0 Å². The summed E-state index contributed by atoms with van der Waals surface area (Å²) in [6, 6.07) is 12.0. The number of rotatable bonds is 6. The van der Waals surface area contributed by atoms with Crippen LogP contribution in [0.4, 0.5) is 10.2 Å². The van der Waals surface area contributed by atoms with Crippen LogP contribution in [0.5, 0.6) is 0 Å². The Kier molecular flexibility index (Phi) is 5.98. The number of aliphatic hydroxyl groups is 1. The van der Waals surface area contributed by atoms with Gasteiger partial charge < -0.3 is 5.11 Å². The quantitative estimate of drug-likeness (QED) is 0.490. The molecule has 0 spiro atoms. The van der Waals surface area contributed by atoms with Gasteiger partial charge in [-0.05, 0) is 30.2 Å². The Morgan fingerprint density at radius 2 is 2.00 bits per heavy atom. The number of nitrogens with two attached hydrogens (primary N) is 1. The highest BCUT2D eigenvalue weighted by Gasteiger charge is 2.37. The van der Waals surface area contributed by atoms with Gasteiger partial charge in [0, 0.05) is 35.2 Å². The molecule has 3 aromatic rings. The zero-order valence-corrected chi connectivity index (χ0v) is 19.3. The first-order valence-corrected chi connectivity index (χ1v) is 12.6. The van der Waals surface area contributed by atoms with Crippen molar-refractivity contribution in [3.8, 4) is 11.3 Å². The van der Waals surface area contributed by atoms with Crippen LogP contribution in [0.1, 0.15) is 25.9 Å². The lowest BCUT2D eigenvalue weighted by Gasteiger charge is -2.31. The zero-order valence-electron chi connectivity index (χ0n) is 18.5. The minimum absolute atomic E-state index is 0.0165. The van der Waals surface area contributed by atoms with E-state index in [9.17, 15) is 17.9 Å². The van der Waals surface area contributed by atoms with Crippen molar-refractivity contribution in [1.82, 2.24) is 15.1 Å². The Bertz CT molecular complexity index is 1360. The highest BCUT2D eigenvalue weighted by atomic mass is 32.2. The number of aromatic nitrogens is 2. The van der Waals surface area contributed by atoms with Crippen LogP contribution in [-0.4, -0.2) is 48.3 Å². The summed E-state index contributed by atoms with van der Waals surface area (Å²) in [5.41, 5.74) is 1.48. The lowest BCUT2D eigenvalue weighted by atomic mass is 10.0. The molecule has 1 saturated carbocycles. The lowest BCUT2D eigenvalue weighted by Crippen LogP contribution is -2.44. The van der Waals surface area contributed by atoms with Crippen molar-refractivity contribution in [3.05, 3.63) is 48.3 Å². The minimum atomic E-state index is -4.02. The summed E-state index contributed by atoms with van der Waals surface area (Å²) in [7, 11) is -4.02. The predicted molar refractivity (Wildman–Crippen MR) is 126 cm³/mol. The molecular formula is C23H26FN5O4S. The van der Waals surface area contributed by atoms with Gasteiger partial charge in [0.2, 0.25) is 0 Å². The van der Waals surface area contributed by atoms with E-state index in [1.807, 2.05) is 31.3 Å². The molecule has 9 nitrogen and oxygen atoms in total. The Labute approximate surface area is 196 Å². The van der Waals surface area contributed by atoms with Crippen LogP contribution in [-0.2, 0) is 14.5 Å². The monoisotopic (exact) mass is 487 g/mol. The topological polar surface area (TPSA) is 132 Å². The number of nitrogens with one attached hydrogen (secondary N) is 1. The van der Waals surface area contributed by atoms with E-state index in [-0.39, 0.29) is 36.5 Å². The van der Waals surface area contributed by atoms with Gasteiger partial charge >= 0.3 is 10.3 Å². The van der Waals surface area contributed by atoms with E-state index >= 15 is 0 Å². The van der Waals surface area contributed by atoms with Gasteiger partial charge in [0.05, 0.1) is 18.4 Å². The summed E-state index contributed by atoms with van der Waals surface area (Å²) >= 11 is 0. The molecule has 1 aliphatic carbocycles. The van der Waals surface area contributed by atoms with E-state index in [2.05, 4.69) is 10.3 Å². The standard InChI is InChI=1S/C23H26FN5O4S/c1-13-11-26-22-10-19(17-6-2-5-16-15(17)4-3-7-18(16)24)28-29(22)23(13)27-20-8-14(9-21(20)30)12-33-34(25,31)32/h2-7,10-11,13-14,20-21,23,27,30H,8-9,12H2,1H3,(H2,25,31,32). The molecule has 1 aliphatic heterocycles. The first-order valence-electron chi connectivity index (χ1n) is 11.1. The third-order valence-electron chi connectivity index (χ3n) is 6.54. The molecular weight excluding hydrogens is 461 g/mol. The smallest absolute Gasteiger partial charge is 0.333 e. The molecule has 11 heteroatoms. The Morgan fingerprint density at radius 3 is 2.79 bits per heavy atom. The summed E-state index contributed by atoms with van der Waals surface area (Å²) in [5, 5.41) is 25.1. The van der Waals surface area contributed by atoms with Crippen molar-refractivity contribution in [3.63, 3.8) is 0 Å². The van der Waals surface area contributed by atoms with E-state index in [1.54, 1.807) is 22.9 Å². The predicted octanol–water partition coefficient (Wildman–Crippen LogP) is 2.64. The van der Waals surface area contributed by atoms with Gasteiger partial charge in [0.15, 0.2) is 5.82 Å². The van der Waals surface area contributed by atoms with Gasteiger partial charge in [-0.1, -0.05) is 37.3 Å². The van der Waals surface area contributed by atoms with Crippen molar-refractivity contribution in [2.75, 3.05) is 6.61 Å². The first-order chi connectivity index (χ1) is 16.2. The number of hydrogen-bond acceptors (Lipinski definition) is 7. The molecule has 0 radical (unpaired) electrons. The summed E-state index contributed by atoms with van der Waals surface area (Å²) in [6.45, 7) is 1.94. The highest BCUT2D eigenvalue weighted by Crippen LogP contribution is 2.36. The van der Waals surface area contributed by atoms with E-state index in [1.165, 1.54) is 6.07 Å².